The lowest BCUT2D eigenvalue weighted by molar-refractivity contribution is -0.0237. The average molecular weight is 272 g/mol. The third-order valence-corrected chi connectivity index (χ3v) is 3.86. The minimum atomic E-state index is -0.209. The Morgan fingerprint density at radius 2 is 2.26 bits per heavy atom. The largest absolute Gasteiger partial charge is 0.393 e. The molecule has 2 unspecified atom stereocenters. The van der Waals surface area contributed by atoms with E-state index in [-0.39, 0.29) is 11.5 Å². The van der Waals surface area contributed by atoms with Gasteiger partial charge in [0.2, 0.25) is 0 Å². The zero-order valence-electron chi connectivity index (χ0n) is 13.0. The van der Waals surface area contributed by atoms with Gasteiger partial charge >= 0.3 is 0 Å². The van der Waals surface area contributed by atoms with Crippen LogP contribution in [0.25, 0.3) is 0 Å². The molecule has 2 N–H and O–H groups in total. The third-order valence-electron chi connectivity index (χ3n) is 3.86. The Labute approximate surface area is 118 Å². The number of rotatable bonds is 9. The summed E-state index contributed by atoms with van der Waals surface area (Å²) in [5, 5.41) is 12.9. The number of nitrogens with one attached hydrogen (secondary N) is 1. The van der Waals surface area contributed by atoms with Gasteiger partial charge in [-0.25, -0.2) is 0 Å². The van der Waals surface area contributed by atoms with Gasteiger partial charge in [-0.05, 0) is 46.2 Å². The van der Waals surface area contributed by atoms with E-state index < -0.39 is 0 Å². The fraction of sp³-hybridized carbons (Fsp3) is 1.00. The Kier molecular flexibility index (Phi) is 7.91. The van der Waals surface area contributed by atoms with Crippen molar-refractivity contribution in [3.05, 3.63) is 0 Å². The monoisotopic (exact) mass is 272 g/mol. The van der Waals surface area contributed by atoms with Crippen LogP contribution >= 0.6 is 0 Å². The minimum absolute atomic E-state index is 0.209. The molecule has 1 saturated heterocycles. The van der Waals surface area contributed by atoms with Crippen molar-refractivity contribution in [3.63, 3.8) is 0 Å². The van der Waals surface area contributed by atoms with Crippen LogP contribution in [0.2, 0.25) is 0 Å². The third kappa shape index (κ3) is 6.70. The van der Waals surface area contributed by atoms with Crippen LogP contribution in [0.3, 0.4) is 0 Å². The second-order valence-corrected chi connectivity index (χ2v) is 6.21. The van der Waals surface area contributed by atoms with Gasteiger partial charge in [-0.1, -0.05) is 6.92 Å². The molecule has 0 amide bonds. The molecule has 0 aliphatic carbocycles. The van der Waals surface area contributed by atoms with Crippen molar-refractivity contribution in [2.45, 2.75) is 45.6 Å². The van der Waals surface area contributed by atoms with Gasteiger partial charge in [0.25, 0.3) is 0 Å². The molecule has 0 aromatic carbocycles. The maximum absolute atomic E-state index is 9.38. The fourth-order valence-corrected chi connectivity index (χ4v) is 2.82. The first kappa shape index (κ1) is 16.9. The zero-order valence-corrected chi connectivity index (χ0v) is 13.0. The molecule has 0 aromatic heterocycles. The van der Waals surface area contributed by atoms with Crippen molar-refractivity contribution in [2.75, 3.05) is 46.4 Å². The van der Waals surface area contributed by atoms with Crippen LogP contribution in [0.5, 0.6) is 0 Å². The van der Waals surface area contributed by atoms with Gasteiger partial charge in [0.15, 0.2) is 0 Å². The Morgan fingerprint density at radius 3 is 2.84 bits per heavy atom. The topological polar surface area (TPSA) is 44.7 Å². The van der Waals surface area contributed by atoms with Gasteiger partial charge in [0.05, 0.1) is 12.7 Å². The summed E-state index contributed by atoms with van der Waals surface area (Å²) in [5.74, 6) is 0. The quantitative estimate of drug-likeness (QED) is 0.624. The molecule has 0 aromatic rings. The van der Waals surface area contributed by atoms with Gasteiger partial charge in [-0.3, -0.25) is 0 Å². The van der Waals surface area contributed by atoms with E-state index in [0.29, 0.717) is 0 Å². The number of aliphatic hydroxyl groups is 1. The molecule has 4 nitrogen and oxygen atoms in total. The summed E-state index contributed by atoms with van der Waals surface area (Å²) in [7, 11) is 2.15. The summed E-state index contributed by atoms with van der Waals surface area (Å²) in [6.07, 6.45) is 4.21. The highest BCUT2D eigenvalue weighted by atomic mass is 16.5. The molecule has 0 spiro atoms. The molecular formula is C15H32N2O2. The first-order valence-corrected chi connectivity index (χ1v) is 7.73. The predicted octanol–water partition coefficient (Wildman–Crippen LogP) is 1.49. The maximum atomic E-state index is 9.38. The predicted molar refractivity (Wildman–Crippen MR) is 79.4 cm³/mol. The lowest BCUT2D eigenvalue weighted by Gasteiger charge is -2.40. The highest BCUT2D eigenvalue weighted by Gasteiger charge is 2.33. The molecule has 1 rings (SSSR count). The second-order valence-electron chi connectivity index (χ2n) is 6.21. The Balaban J connectivity index is 2.43. The van der Waals surface area contributed by atoms with E-state index in [2.05, 4.69) is 24.2 Å². The van der Waals surface area contributed by atoms with Crippen molar-refractivity contribution >= 4 is 0 Å². The van der Waals surface area contributed by atoms with Gasteiger partial charge in [0.1, 0.15) is 0 Å². The van der Waals surface area contributed by atoms with Crippen LogP contribution < -0.4 is 5.32 Å². The Hall–Kier alpha value is -0.160. The van der Waals surface area contributed by atoms with E-state index >= 15 is 0 Å². The van der Waals surface area contributed by atoms with Crippen molar-refractivity contribution in [1.29, 1.82) is 0 Å². The molecule has 19 heavy (non-hydrogen) atoms. The van der Waals surface area contributed by atoms with Gasteiger partial charge < -0.3 is 20.1 Å². The number of aliphatic hydroxyl groups excluding tert-OH is 1. The lowest BCUT2D eigenvalue weighted by Crippen LogP contribution is -2.48. The smallest absolute Gasteiger partial charge is 0.0546 e. The molecule has 1 aliphatic heterocycles. The molecule has 4 heteroatoms. The molecular weight excluding hydrogens is 240 g/mol. The highest BCUT2D eigenvalue weighted by molar-refractivity contribution is 4.86. The van der Waals surface area contributed by atoms with Crippen LogP contribution in [-0.2, 0) is 4.74 Å². The maximum Gasteiger partial charge on any atom is 0.0546 e. The molecule has 114 valence electrons. The number of nitrogens with zero attached hydrogens (tertiary/aromatic N) is 1. The van der Waals surface area contributed by atoms with Crippen LogP contribution in [0.1, 0.15) is 39.5 Å². The standard InChI is InChI=1S/C15H32N2O2/c1-4-8-16-11-15(7-5-10-19-13-15)12-17(3)9-6-14(2)18/h14,16,18H,4-13H2,1-3H3. The molecule has 0 radical (unpaired) electrons. The van der Waals surface area contributed by atoms with Crippen LogP contribution in [0.15, 0.2) is 0 Å². The highest BCUT2D eigenvalue weighted by Crippen LogP contribution is 2.29. The fourth-order valence-electron chi connectivity index (χ4n) is 2.82. The van der Waals surface area contributed by atoms with Crippen LogP contribution in [0.4, 0.5) is 0 Å². The first-order chi connectivity index (χ1) is 9.08. The van der Waals surface area contributed by atoms with Crippen molar-refractivity contribution in [3.8, 4) is 0 Å². The molecule has 1 aliphatic rings. The summed E-state index contributed by atoms with van der Waals surface area (Å²) in [6, 6.07) is 0. The number of ether oxygens (including phenoxy) is 1. The molecule has 2 atom stereocenters. The Morgan fingerprint density at radius 1 is 1.47 bits per heavy atom. The van der Waals surface area contributed by atoms with Gasteiger partial charge in [-0.2, -0.15) is 0 Å². The van der Waals surface area contributed by atoms with Gasteiger partial charge in [-0.15, -0.1) is 0 Å². The van der Waals surface area contributed by atoms with Gasteiger partial charge in [0, 0.05) is 31.7 Å². The summed E-state index contributed by atoms with van der Waals surface area (Å²) in [5.41, 5.74) is 0.251. The molecule has 1 fully saturated rings. The van der Waals surface area contributed by atoms with E-state index in [9.17, 15) is 5.11 Å². The SMILES string of the molecule is CCCNCC1(CN(C)CCC(C)O)CCCOC1. The molecule has 1 heterocycles. The van der Waals surface area contributed by atoms with E-state index in [1.54, 1.807) is 0 Å². The minimum Gasteiger partial charge on any atom is -0.393 e. The molecule has 0 bridgehead atoms. The first-order valence-electron chi connectivity index (χ1n) is 7.73. The van der Waals surface area contributed by atoms with E-state index in [0.717, 1.165) is 52.2 Å². The van der Waals surface area contributed by atoms with E-state index in [4.69, 9.17) is 4.74 Å². The number of hydrogen-bond donors (Lipinski definition) is 2. The summed E-state index contributed by atoms with van der Waals surface area (Å²) < 4.78 is 5.73. The van der Waals surface area contributed by atoms with Crippen LogP contribution in [-0.4, -0.2) is 62.6 Å². The summed E-state index contributed by atoms with van der Waals surface area (Å²) in [6.45, 7) is 9.96. The summed E-state index contributed by atoms with van der Waals surface area (Å²) >= 11 is 0. The zero-order chi connectivity index (χ0) is 14.1. The van der Waals surface area contributed by atoms with Crippen molar-refractivity contribution < 1.29 is 9.84 Å². The lowest BCUT2D eigenvalue weighted by atomic mass is 9.81. The van der Waals surface area contributed by atoms with Crippen molar-refractivity contribution in [2.24, 2.45) is 5.41 Å². The average Bonchev–Trinajstić information content (AvgIpc) is 2.38. The Bertz CT molecular complexity index is 228. The van der Waals surface area contributed by atoms with E-state index in [1.807, 2.05) is 6.92 Å². The van der Waals surface area contributed by atoms with Crippen LogP contribution in [0, 0.1) is 5.41 Å². The summed E-state index contributed by atoms with van der Waals surface area (Å²) in [4.78, 5) is 2.34. The van der Waals surface area contributed by atoms with E-state index in [1.165, 1.54) is 12.8 Å². The normalized spacial score (nSPS) is 25.7. The van der Waals surface area contributed by atoms with Crippen molar-refractivity contribution in [1.82, 2.24) is 10.2 Å². The second kappa shape index (κ2) is 8.90. The molecule has 0 saturated carbocycles. The number of hydrogen-bond acceptors (Lipinski definition) is 4.